The van der Waals surface area contributed by atoms with Crippen molar-refractivity contribution in [1.29, 1.82) is 0 Å². The van der Waals surface area contributed by atoms with Crippen LogP contribution in [0.2, 0.25) is 0 Å². The number of aliphatic hydroxyl groups is 2. The number of alkyl halides is 3. The molecule has 0 aliphatic carbocycles. The Kier molecular flexibility index (Phi) is 4.83. The lowest BCUT2D eigenvalue weighted by molar-refractivity contribution is -0.209. The standard InChI is InChI=1S/C11H17F3N2O3S/c1-2-3-15-10-16-6-8(18)7(17)5(4-11(12,13)14)19-9(6)20-10/h5-9,17-18H,2-4H2,1H3,(H,15,16). The molecule has 5 nitrogen and oxygen atoms in total. The second-order valence-electron chi connectivity index (χ2n) is 4.81. The first-order valence-electron chi connectivity index (χ1n) is 6.38. The number of fused-ring (bicyclic) bond motifs is 1. The van der Waals surface area contributed by atoms with E-state index in [1.54, 1.807) is 0 Å². The lowest BCUT2D eigenvalue weighted by atomic mass is 9.96. The van der Waals surface area contributed by atoms with Crippen LogP contribution in [0.25, 0.3) is 0 Å². The number of halogens is 3. The minimum Gasteiger partial charge on any atom is -0.388 e. The number of ether oxygens (including phenoxy) is 1. The summed E-state index contributed by atoms with van der Waals surface area (Å²) in [7, 11) is 0. The summed E-state index contributed by atoms with van der Waals surface area (Å²) in [6, 6.07) is -0.737. The first-order chi connectivity index (χ1) is 9.31. The van der Waals surface area contributed by atoms with E-state index >= 15 is 0 Å². The Hall–Kier alpha value is -0.510. The molecule has 0 bridgehead atoms. The molecule has 0 aromatic heterocycles. The number of nitrogens with zero attached hydrogens (tertiary/aromatic N) is 1. The maximum Gasteiger partial charge on any atom is 0.391 e. The predicted octanol–water partition coefficient (Wildman–Crippen LogP) is 0.856. The van der Waals surface area contributed by atoms with E-state index in [0.29, 0.717) is 11.7 Å². The average molecular weight is 314 g/mol. The third kappa shape index (κ3) is 3.57. The number of amidine groups is 1. The zero-order valence-electron chi connectivity index (χ0n) is 10.8. The molecule has 0 saturated carbocycles. The molecule has 0 amide bonds. The van der Waals surface area contributed by atoms with Crippen LogP contribution in [0.5, 0.6) is 0 Å². The predicted molar refractivity (Wildman–Crippen MR) is 68.5 cm³/mol. The molecule has 20 heavy (non-hydrogen) atoms. The monoisotopic (exact) mass is 314 g/mol. The molecule has 1 fully saturated rings. The van der Waals surface area contributed by atoms with E-state index in [1.165, 1.54) is 0 Å². The molecule has 5 atom stereocenters. The number of hydrogen-bond acceptors (Lipinski definition) is 6. The third-order valence-electron chi connectivity index (χ3n) is 3.12. The summed E-state index contributed by atoms with van der Waals surface area (Å²) in [6.07, 6.45) is -9.27. The number of rotatable bonds is 3. The van der Waals surface area contributed by atoms with Gasteiger partial charge >= 0.3 is 6.18 Å². The Morgan fingerprint density at radius 3 is 2.65 bits per heavy atom. The van der Waals surface area contributed by atoms with Gasteiger partial charge in [-0.2, -0.15) is 13.2 Å². The van der Waals surface area contributed by atoms with Gasteiger partial charge in [-0.05, 0) is 6.42 Å². The van der Waals surface area contributed by atoms with Crippen molar-refractivity contribution < 1.29 is 28.1 Å². The molecule has 1 saturated heterocycles. The summed E-state index contributed by atoms with van der Waals surface area (Å²) in [5, 5.41) is 23.2. The Bertz CT molecular complexity index is 380. The first-order valence-corrected chi connectivity index (χ1v) is 7.26. The minimum atomic E-state index is -4.45. The molecule has 0 radical (unpaired) electrons. The molecule has 3 N–H and O–H groups in total. The lowest BCUT2D eigenvalue weighted by Crippen LogP contribution is -2.55. The quantitative estimate of drug-likeness (QED) is 0.720. The van der Waals surface area contributed by atoms with E-state index < -0.39 is 42.4 Å². The summed E-state index contributed by atoms with van der Waals surface area (Å²) < 4.78 is 42.5. The summed E-state index contributed by atoms with van der Waals surface area (Å²) in [5.74, 6) is 0. The highest BCUT2D eigenvalue weighted by Gasteiger charge is 2.50. The molecule has 2 aliphatic heterocycles. The Labute approximate surface area is 118 Å². The van der Waals surface area contributed by atoms with Crippen LogP contribution in [0.3, 0.4) is 0 Å². The van der Waals surface area contributed by atoms with Crippen LogP contribution < -0.4 is 5.32 Å². The number of thioether (sulfide) groups is 1. The van der Waals surface area contributed by atoms with Gasteiger partial charge in [0.05, 0.1) is 12.5 Å². The van der Waals surface area contributed by atoms with Gasteiger partial charge < -0.3 is 20.3 Å². The molecule has 2 aliphatic rings. The van der Waals surface area contributed by atoms with Crippen LogP contribution in [0.4, 0.5) is 13.2 Å². The van der Waals surface area contributed by atoms with Gasteiger partial charge in [0.25, 0.3) is 0 Å². The molecular weight excluding hydrogens is 297 g/mol. The highest BCUT2D eigenvalue weighted by atomic mass is 32.2. The van der Waals surface area contributed by atoms with Crippen molar-refractivity contribution in [2.75, 3.05) is 6.54 Å². The van der Waals surface area contributed by atoms with Gasteiger partial charge in [-0.25, -0.2) is 0 Å². The summed E-state index contributed by atoms with van der Waals surface area (Å²) >= 11 is 1.15. The number of hydrogen-bond donors (Lipinski definition) is 3. The smallest absolute Gasteiger partial charge is 0.388 e. The van der Waals surface area contributed by atoms with Crippen molar-refractivity contribution in [2.24, 2.45) is 4.99 Å². The van der Waals surface area contributed by atoms with Crippen molar-refractivity contribution in [2.45, 2.75) is 55.7 Å². The van der Waals surface area contributed by atoms with Gasteiger partial charge in [0.15, 0.2) is 5.17 Å². The zero-order chi connectivity index (χ0) is 14.9. The van der Waals surface area contributed by atoms with Crippen molar-refractivity contribution in [1.82, 2.24) is 5.32 Å². The van der Waals surface area contributed by atoms with E-state index in [-0.39, 0.29) is 0 Å². The van der Waals surface area contributed by atoms with Crippen LogP contribution in [0, 0.1) is 0 Å². The van der Waals surface area contributed by atoms with Gasteiger partial charge in [0, 0.05) is 6.54 Å². The third-order valence-corrected chi connectivity index (χ3v) is 4.22. The van der Waals surface area contributed by atoms with Crippen molar-refractivity contribution in [3.8, 4) is 0 Å². The minimum absolute atomic E-state index is 0.528. The van der Waals surface area contributed by atoms with Crippen molar-refractivity contribution in [3.63, 3.8) is 0 Å². The second kappa shape index (κ2) is 6.08. The van der Waals surface area contributed by atoms with Crippen LogP contribution in [0.1, 0.15) is 19.8 Å². The SMILES string of the molecule is CCCNC1=NC2C(OC(CC(F)(F)F)C(O)C2O)S1. The fraction of sp³-hybridized carbons (Fsp3) is 0.909. The van der Waals surface area contributed by atoms with E-state index in [9.17, 15) is 23.4 Å². The average Bonchev–Trinajstić information content (AvgIpc) is 2.74. The Morgan fingerprint density at radius 2 is 2.05 bits per heavy atom. The Morgan fingerprint density at radius 1 is 1.35 bits per heavy atom. The van der Waals surface area contributed by atoms with E-state index in [2.05, 4.69) is 10.3 Å². The van der Waals surface area contributed by atoms with Crippen molar-refractivity contribution in [3.05, 3.63) is 0 Å². The van der Waals surface area contributed by atoms with Gasteiger partial charge in [-0.15, -0.1) is 0 Å². The van der Waals surface area contributed by atoms with Crippen LogP contribution in [-0.4, -0.2) is 57.9 Å². The molecule has 9 heteroatoms. The molecule has 0 aromatic rings. The van der Waals surface area contributed by atoms with Gasteiger partial charge in [-0.3, -0.25) is 4.99 Å². The molecule has 0 aromatic carbocycles. The Balaban J connectivity index is 2.02. The highest BCUT2D eigenvalue weighted by Crippen LogP contribution is 2.38. The maximum absolute atomic E-state index is 12.4. The van der Waals surface area contributed by atoms with Crippen LogP contribution in [0.15, 0.2) is 4.99 Å². The number of nitrogens with one attached hydrogen (secondary N) is 1. The van der Waals surface area contributed by atoms with E-state index in [4.69, 9.17) is 4.74 Å². The zero-order valence-corrected chi connectivity index (χ0v) is 11.6. The van der Waals surface area contributed by atoms with Gasteiger partial charge in [-0.1, -0.05) is 18.7 Å². The highest BCUT2D eigenvalue weighted by molar-refractivity contribution is 8.14. The fourth-order valence-corrected chi connectivity index (χ4v) is 3.29. The molecular formula is C11H17F3N2O3S. The molecule has 2 rings (SSSR count). The van der Waals surface area contributed by atoms with E-state index in [0.717, 1.165) is 18.2 Å². The summed E-state index contributed by atoms with van der Waals surface area (Å²) in [4.78, 5) is 4.16. The van der Waals surface area contributed by atoms with Gasteiger partial charge in [0.2, 0.25) is 0 Å². The topological polar surface area (TPSA) is 74.1 Å². The molecule has 5 unspecified atom stereocenters. The van der Waals surface area contributed by atoms with Crippen LogP contribution >= 0.6 is 11.8 Å². The normalized spacial score (nSPS) is 37.5. The van der Waals surface area contributed by atoms with Crippen molar-refractivity contribution >= 4 is 16.9 Å². The first kappa shape index (κ1) is 15.9. The maximum atomic E-state index is 12.4. The van der Waals surface area contributed by atoms with E-state index in [1.807, 2.05) is 6.92 Å². The summed E-state index contributed by atoms with van der Waals surface area (Å²) in [5.41, 5.74) is -0.694. The fourth-order valence-electron chi connectivity index (χ4n) is 2.14. The number of aliphatic hydroxyl groups excluding tert-OH is 2. The molecule has 116 valence electrons. The second-order valence-corrected chi connectivity index (χ2v) is 5.90. The van der Waals surface area contributed by atoms with Crippen LogP contribution in [-0.2, 0) is 4.74 Å². The lowest BCUT2D eigenvalue weighted by Gasteiger charge is -2.38. The molecule has 2 heterocycles. The number of aliphatic imine (C=N–C) groups is 1. The largest absolute Gasteiger partial charge is 0.391 e. The van der Waals surface area contributed by atoms with Gasteiger partial charge in [0.1, 0.15) is 23.7 Å². The summed E-state index contributed by atoms with van der Waals surface area (Å²) in [6.45, 7) is 2.64. The molecule has 0 spiro atoms.